The number of hydrazone groups is 1. The SMILES string of the molecule is Cc1cnc(NC(=O)CCC2CC(=NNC(N)=O)C3(C)CCC4c5ccc(O)cc5CCC4C23)s1. The number of fused-ring (bicyclic) bond motifs is 5. The van der Waals surface area contributed by atoms with E-state index in [0.717, 1.165) is 49.1 Å². The van der Waals surface area contributed by atoms with Crippen LogP contribution in [0.4, 0.5) is 9.93 Å². The minimum atomic E-state index is -0.653. The third-order valence-electron chi connectivity index (χ3n) is 8.50. The minimum Gasteiger partial charge on any atom is -0.508 e. The summed E-state index contributed by atoms with van der Waals surface area (Å²) in [4.78, 5) is 29.4. The number of thiazole rings is 1. The number of aromatic nitrogens is 1. The Bertz CT molecular complexity index is 1180. The van der Waals surface area contributed by atoms with E-state index in [-0.39, 0.29) is 11.3 Å². The Hall–Kier alpha value is -2.94. The van der Waals surface area contributed by atoms with Crippen LogP contribution in [0.3, 0.4) is 0 Å². The second-order valence-electron chi connectivity index (χ2n) is 10.5. The average molecular weight is 496 g/mol. The number of nitrogens with zero attached hydrogens (tertiary/aromatic N) is 2. The molecule has 0 bridgehead atoms. The number of carbonyl (C=O) groups excluding carboxylic acids is 2. The van der Waals surface area contributed by atoms with Crippen LogP contribution in [0, 0.1) is 30.1 Å². The summed E-state index contributed by atoms with van der Waals surface area (Å²) in [6.45, 7) is 4.25. The Morgan fingerprint density at radius 3 is 2.91 bits per heavy atom. The second-order valence-corrected chi connectivity index (χ2v) is 11.8. The van der Waals surface area contributed by atoms with Gasteiger partial charge in [0.25, 0.3) is 0 Å². The van der Waals surface area contributed by atoms with E-state index < -0.39 is 6.03 Å². The predicted octanol–water partition coefficient (Wildman–Crippen LogP) is 4.68. The highest BCUT2D eigenvalue weighted by atomic mass is 32.1. The van der Waals surface area contributed by atoms with Gasteiger partial charge in [-0.15, -0.1) is 11.3 Å². The average Bonchev–Trinajstić information content (AvgIpc) is 3.35. The van der Waals surface area contributed by atoms with Crippen LogP contribution < -0.4 is 16.5 Å². The maximum atomic E-state index is 12.7. The van der Waals surface area contributed by atoms with Gasteiger partial charge in [-0.2, -0.15) is 5.10 Å². The first-order valence-corrected chi connectivity index (χ1v) is 13.2. The normalized spacial score (nSPS) is 30.3. The molecule has 0 spiro atoms. The van der Waals surface area contributed by atoms with Crippen LogP contribution in [0.1, 0.15) is 67.4 Å². The summed E-state index contributed by atoms with van der Waals surface area (Å²) >= 11 is 1.48. The molecule has 1 aromatic heterocycles. The van der Waals surface area contributed by atoms with E-state index in [9.17, 15) is 14.7 Å². The molecule has 8 nitrogen and oxygen atoms in total. The highest BCUT2D eigenvalue weighted by molar-refractivity contribution is 7.15. The number of urea groups is 1. The van der Waals surface area contributed by atoms with Crippen molar-refractivity contribution in [1.29, 1.82) is 0 Å². The Balaban J connectivity index is 1.39. The number of nitrogens with two attached hydrogens (primary N) is 1. The Kier molecular flexibility index (Phi) is 6.29. The number of phenolic OH excluding ortho intramolecular Hbond substituents is 1. The topological polar surface area (TPSA) is 130 Å². The molecule has 0 radical (unpaired) electrons. The second kappa shape index (κ2) is 9.26. The van der Waals surface area contributed by atoms with Gasteiger partial charge in [-0.1, -0.05) is 13.0 Å². The van der Waals surface area contributed by atoms with E-state index in [2.05, 4.69) is 33.8 Å². The van der Waals surface area contributed by atoms with Crippen molar-refractivity contribution < 1.29 is 14.7 Å². The Labute approximate surface area is 209 Å². The number of amides is 3. The molecule has 1 aromatic carbocycles. The van der Waals surface area contributed by atoms with Crippen LogP contribution in [0.15, 0.2) is 29.5 Å². The van der Waals surface area contributed by atoms with E-state index in [1.807, 2.05) is 13.0 Å². The largest absolute Gasteiger partial charge is 0.508 e. The highest BCUT2D eigenvalue weighted by Crippen LogP contribution is 2.62. The molecule has 2 aromatic rings. The van der Waals surface area contributed by atoms with Gasteiger partial charge in [0.1, 0.15) is 5.75 Å². The summed E-state index contributed by atoms with van der Waals surface area (Å²) in [5, 5.41) is 18.0. The zero-order chi connectivity index (χ0) is 24.7. The molecule has 5 N–H and O–H groups in total. The maximum absolute atomic E-state index is 12.7. The van der Waals surface area contributed by atoms with E-state index in [1.165, 1.54) is 22.5 Å². The van der Waals surface area contributed by atoms with Gasteiger partial charge >= 0.3 is 6.03 Å². The van der Waals surface area contributed by atoms with E-state index in [0.29, 0.717) is 41.0 Å². The summed E-state index contributed by atoms with van der Waals surface area (Å²) in [6.07, 6.45) is 7.73. The van der Waals surface area contributed by atoms with Crippen molar-refractivity contribution in [1.82, 2.24) is 10.4 Å². The molecule has 0 aliphatic heterocycles. The fourth-order valence-corrected chi connectivity index (χ4v) is 7.80. The maximum Gasteiger partial charge on any atom is 0.332 e. The third kappa shape index (κ3) is 4.53. The molecule has 35 heavy (non-hydrogen) atoms. The van der Waals surface area contributed by atoms with Crippen molar-refractivity contribution in [3.63, 3.8) is 0 Å². The first-order valence-electron chi connectivity index (χ1n) is 12.4. The summed E-state index contributed by atoms with van der Waals surface area (Å²) in [6, 6.07) is 5.16. The standard InChI is InChI=1S/C26H33N5O3S/c1-14-13-28-25(35-14)29-22(33)8-4-16-12-21(30-31-24(27)34)26(2)10-9-19-18-7-5-17(32)11-15(18)3-6-20(19)23(16)26/h5,7,11,13,16,19-20,23,32H,3-4,6,8-10,12H2,1-2H3,(H3,27,31,34)(H,28,29,33). The molecule has 2 saturated carbocycles. The number of aromatic hydroxyl groups is 1. The number of hydrogen-bond donors (Lipinski definition) is 4. The first kappa shape index (κ1) is 23.8. The number of aryl methyl sites for hydroxylation is 2. The van der Waals surface area contributed by atoms with E-state index >= 15 is 0 Å². The van der Waals surface area contributed by atoms with Gasteiger partial charge in [-0.25, -0.2) is 15.2 Å². The van der Waals surface area contributed by atoms with Crippen LogP contribution in [0.25, 0.3) is 0 Å². The van der Waals surface area contributed by atoms with Crippen LogP contribution in [-0.4, -0.2) is 27.7 Å². The highest BCUT2D eigenvalue weighted by Gasteiger charge is 2.57. The van der Waals surface area contributed by atoms with Gasteiger partial charge in [0.2, 0.25) is 5.91 Å². The van der Waals surface area contributed by atoms with E-state index in [1.54, 1.807) is 12.3 Å². The smallest absolute Gasteiger partial charge is 0.332 e. The molecule has 186 valence electrons. The van der Waals surface area contributed by atoms with Crippen LogP contribution in [-0.2, 0) is 11.2 Å². The van der Waals surface area contributed by atoms with Gasteiger partial charge in [0, 0.05) is 28.6 Å². The summed E-state index contributed by atoms with van der Waals surface area (Å²) in [5.41, 5.74) is 11.3. The number of phenols is 1. The Morgan fingerprint density at radius 2 is 2.17 bits per heavy atom. The molecular weight excluding hydrogens is 462 g/mol. The fraction of sp³-hybridized carbons (Fsp3) is 0.538. The lowest BCUT2D eigenvalue weighted by atomic mass is 9.54. The molecule has 5 rings (SSSR count). The molecule has 3 aliphatic carbocycles. The Morgan fingerprint density at radius 1 is 1.34 bits per heavy atom. The zero-order valence-electron chi connectivity index (χ0n) is 20.2. The number of benzene rings is 1. The van der Waals surface area contributed by atoms with Crippen molar-refractivity contribution in [3.05, 3.63) is 40.4 Å². The lowest BCUT2D eigenvalue weighted by Crippen LogP contribution is -2.44. The zero-order valence-corrected chi connectivity index (χ0v) is 21.0. The molecule has 0 saturated heterocycles. The lowest BCUT2D eigenvalue weighted by Gasteiger charge is -2.50. The van der Waals surface area contributed by atoms with Crippen LogP contribution in [0.5, 0.6) is 5.75 Å². The molecule has 9 heteroatoms. The summed E-state index contributed by atoms with van der Waals surface area (Å²) < 4.78 is 0. The number of anilines is 1. The number of carbonyl (C=O) groups is 2. The molecule has 3 amide bonds. The number of rotatable bonds is 5. The van der Waals surface area contributed by atoms with Gasteiger partial charge < -0.3 is 16.2 Å². The van der Waals surface area contributed by atoms with Crippen LogP contribution in [0.2, 0.25) is 0 Å². The summed E-state index contributed by atoms with van der Waals surface area (Å²) in [7, 11) is 0. The predicted molar refractivity (Wildman–Crippen MR) is 136 cm³/mol. The molecule has 3 aliphatic rings. The third-order valence-corrected chi connectivity index (χ3v) is 9.32. The fourth-order valence-electron chi connectivity index (χ4n) is 7.12. The summed E-state index contributed by atoms with van der Waals surface area (Å²) in [5.74, 6) is 1.89. The molecule has 5 unspecified atom stereocenters. The van der Waals surface area contributed by atoms with Gasteiger partial charge in [-0.05, 0) is 92.4 Å². The monoisotopic (exact) mass is 495 g/mol. The van der Waals surface area contributed by atoms with Gasteiger partial charge in [0.05, 0.1) is 0 Å². The molecule has 1 heterocycles. The quantitative estimate of drug-likeness (QED) is 0.449. The number of hydrogen-bond acceptors (Lipinski definition) is 6. The van der Waals surface area contributed by atoms with Crippen molar-refractivity contribution in [3.8, 4) is 5.75 Å². The van der Waals surface area contributed by atoms with Gasteiger partial charge in [-0.3, -0.25) is 4.79 Å². The van der Waals surface area contributed by atoms with Crippen molar-refractivity contribution in [2.24, 2.45) is 34.0 Å². The minimum absolute atomic E-state index is 0.0153. The number of primary amides is 1. The van der Waals surface area contributed by atoms with Crippen LogP contribution >= 0.6 is 11.3 Å². The van der Waals surface area contributed by atoms with E-state index in [4.69, 9.17) is 5.73 Å². The van der Waals surface area contributed by atoms with Crippen molar-refractivity contribution in [2.75, 3.05) is 5.32 Å². The number of nitrogens with one attached hydrogen (secondary N) is 2. The molecular formula is C26H33N5O3S. The van der Waals surface area contributed by atoms with Crippen molar-refractivity contribution >= 4 is 34.1 Å². The van der Waals surface area contributed by atoms with Crippen molar-refractivity contribution in [2.45, 2.75) is 64.7 Å². The molecule has 2 fully saturated rings. The first-order chi connectivity index (χ1) is 16.7. The van der Waals surface area contributed by atoms with Gasteiger partial charge in [0.15, 0.2) is 5.13 Å². The molecule has 5 atom stereocenters. The lowest BCUT2D eigenvalue weighted by molar-refractivity contribution is -0.116.